The van der Waals surface area contributed by atoms with Gasteiger partial charge < -0.3 is 13.9 Å². The van der Waals surface area contributed by atoms with Gasteiger partial charge in [0.15, 0.2) is 0 Å². The Bertz CT molecular complexity index is 711. The quantitative estimate of drug-likeness (QED) is 0.817. The Morgan fingerprint density at radius 3 is 2.39 bits per heavy atom. The summed E-state index contributed by atoms with van der Waals surface area (Å²) in [4.78, 5) is 4.23. The average molecular weight is 316 g/mol. The minimum absolute atomic E-state index is 0.291. The van der Waals surface area contributed by atoms with Crippen LogP contribution in [0.2, 0.25) is 0 Å². The van der Waals surface area contributed by atoms with Gasteiger partial charge in [-0.25, -0.2) is 9.37 Å². The van der Waals surface area contributed by atoms with Crippen LogP contribution in [0.15, 0.2) is 30.6 Å². The van der Waals surface area contributed by atoms with Crippen molar-refractivity contribution in [2.75, 3.05) is 0 Å². The second kappa shape index (κ2) is 5.46. The number of imidazole rings is 1. The molecule has 0 amide bonds. The van der Waals surface area contributed by atoms with Gasteiger partial charge in [-0.1, -0.05) is 6.07 Å². The molecule has 0 spiro atoms. The molecule has 1 aromatic carbocycles. The highest BCUT2D eigenvalue weighted by molar-refractivity contribution is 6.62. The molecule has 1 aromatic heterocycles. The number of halogens is 1. The predicted octanol–water partition coefficient (Wildman–Crippen LogP) is 2.68. The molecule has 3 rings (SSSR count). The summed E-state index contributed by atoms with van der Waals surface area (Å²) >= 11 is 0. The van der Waals surface area contributed by atoms with Crippen molar-refractivity contribution in [3.63, 3.8) is 0 Å². The summed E-state index contributed by atoms with van der Waals surface area (Å²) in [5.41, 5.74) is 0.793. The maximum atomic E-state index is 13.8. The van der Waals surface area contributed by atoms with Crippen molar-refractivity contribution >= 4 is 12.6 Å². The lowest BCUT2D eigenvalue weighted by atomic mass is 9.75. The van der Waals surface area contributed by atoms with Gasteiger partial charge in [0.25, 0.3) is 0 Å². The molecule has 0 aliphatic carbocycles. The Morgan fingerprint density at radius 1 is 1.17 bits per heavy atom. The molecule has 23 heavy (non-hydrogen) atoms. The Morgan fingerprint density at radius 2 is 1.83 bits per heavy atom. The molecule has 0 unspecified atom stereocenters. The first kappa shape index (κ1) is 16.2. The van der Waals surface area contributed by atoms with Crippen molar-refractivity contribution in [2.24, 2.45) is 0 Å². The molecule has 0 saturated carbocycles. The van der Waals surface area contributed by atoms with Crippen LogP contribution in [0.3, 0.4) is 0 Å². The van der Waals surface area contributed by atoms with E-state index >= 15 is 0 Å². The highest BCUT2D eigenvalue weighted by Gasteiger charge is 2.52. The van der Waals surface area contributed by atoms with Crippen LogP contribution in [0, 0.1) is 12.7 Å². The zero-order chi connectivity index (χ0) is 16.8. The van der Waals surface area contributed by atoms with Crippen molar-refractivity contribution < 1.29 is 13.7 Å². The van der Waals surface area contributed by atoms with Crippen LogP contribution >= 0.6 is 0 Å². The van der Waals surface area contributed by atoms with E-state index in [1.807, 2.05) is 45.4 Å². The van der Waals surface area contributed by atoms with Crippen LogP contribution in [0.4, 0.5) is 4.39 Å². The van der Waals surface area contributed by atoms with E-state index < -0.39 is 18.3 Å². The van der Waals surface area contributed by atoms with Crippen LogP contribution in [0.25, 0.3) is 0 Å². The highest BCUT2D eigenvalue weighted by Crippen LogP contribution is 2.36. The molecule has 1 fully saturated rings. The topological polar surface area (TPSA) is 36.3 Å². The van der Waals surface area contributed by atoms with E-state index in [0.29, 0.717) is 6.54 Å². The lowest BCUT2D eigenvalue weighted by molar-refractivity contribution is 0.00578. The largest absolute Gasteiger partial charge is 0.495 e. The Balaban J connectivity index is 1.96. The molecule has 1 aliphatic rings. The third-order valence-corrected chi connectivity index (χ3v) is 4.88. The smallest absolute Gasteiger partial charge is 0.399 e. The van der Waals surface area contributed by atoms with Gasteiger partial charge in [0.05, 0.1) is 11.2 Å². The SMILES string of the molecule is Cc1nccn1Cc1ccc(F)cc1B1OC(C)(C)C(C)(C)O1. The molecule has 6 heteroatoms. The zero-order valence-corrected chi connectivity index (χ0v) is 14.3. The summed E-state index contributed by atoms with van der Waals surface area (Å²) in [6, 6.07) is 4.76. The number of hydrogen-bond donors (Lipinski definition) is 0. The highest BCUT2D eigenvalue weighted by atomic mass is 19.1. The van der Waals surface area contributed by atoms with Gasteiger partial charge in [-0.05, 0) is 57.8 Å². The van der Waals surface area contributed by atoms with E-state index in [0.717, 1.165) is 16.9 Å². The maximum Gasteiger partial charge on any atom is 0.495 e. The summed E-state index contributed by atoms with van der Waals surface area (Å²) in [6.45, 7) is 10.5. The van der Waals surface area contributed by atoms with Crippen molar-refractivity contribution in [2.45, 2.75) is 52.4 Å². The molecular formula is C17H22BFN2O2. The first-order chi connectivity index (χ1) is 10.7. The lowest BCUT2D eigenvalue weighted by Crippen LogP contribution is -2.41. The maximum absolute atomic E-state index is 13.8. The zero-order valence-electron chi connectivity index (χ0n) is 14.3. The first-order valence-electron chi connectivity index (χ1n) is 7.81. The number of aromatic nitrogens is 2. The van der Waals surface area contributed by atoms with Crippen LogP contribution in [-0.4, -0.2) is 27.9 Å². The first-order valence-corrected chi connectivity index (χ1v) is 7.81. The molecule has 0 bridgehead atoms. The van der Waals surface area contributed by atoms with E-state index in [9.17, 15) is 4.39 Å². The molecule has 2 heterocycles. The van der Waals surface area contributed by atoms with Gasteiger partial charge in [0.2, 0.25) is 0 Å². The Kier molecular flexibility index (Phi) is 3.85. The van der Waals surface area contributed by atoms with E-state index in [1.165, 1.54) is 12.1 Å². The van der Waals surface area contributed by atoms with E-state index in [2.05, 4.69) is 4.98 Å². The molecule has 122 valence electrons. The van der Waals surface area contributed by atoms with Crippen molar-refractivity contribution in [1.82, 2.24) is 9.55 Å². The van der Waals surface area contributed by atoms with Crippen LogP contribution < -0.4 is 5.46 Å². The minimum atomic E-state index is -0.575. The normalized spacial score (nSPS) is 19.3. The number of benzene rings is 1. The fourth-order valence-corrected chi connectivity index (χ4v) is 2.65. The number of hydrogen-bond acceptors (Lipinski definition) is 3. The number of rotatable bonds is 3. The van der Waals surface area contributed by atoms with Crippen molar-refractivity contribution in [3.05, 3.63) is 47.8 Å². The molecule has 1 saturated heterocycles. The Labute approximate surface area is 136 Å². The average Bonchev–Trinajstić information content (AvgIpc) is 2.93. The fraction of sp³-hybridized carbons (Fsp3) is 0.471. The van der Waals surface area contributed by atoms with Crippen LogP contribution in [0.5, 0.6) is 0 Å². The van der Waals surface area contributed by atoms with E-state index in [-0.39, 0.29) is 5.82 Å². The summed E-state index contributed by atoms with van der Waals surface area (Å²) in [6.07, 6.45) is 3.67. The summed E-state index contributed by atoms with van der Waals surface area (Å²) in [5.74, 6) is 0.620. The third-order valence-electron chi connectivity index (χ3n) is 4.88. The minimum Gasteiger partial charge on any atom is -0.399 e. The van der Waals surface area contributed by atoms with E-state index in [4.69, 9.17) is 9.31 Å². The molecule has 1 aliphatic heterocycles. The van der Waals surface area contributed by atoms with Crippen molar-refractivity contribution in [1.29, 1.82) is 0 Å². The number of nitrogens with zero attached hydrogens (tertiary/aromatic N) is 2. The second-order valence-corrected chi connectivity index (χ2v) is 7.03. The number of aryl methyl sites for hydroxylation is 1. The van der Waals surface area contributed by atoms with Gasteiger partial charge in [0.1, 0.15) is 11.6 Å². The molecule has 4 nitrogen and oxygen atoms in total. The lowest BCUT2D eigenvalue weighted by Gasteiger charge is -2.32. The summed E-state index contributed by atoms with van der Waals surface area (Å²) in [7, 11) is -0.575. The monoisotopic (exact) mass is 316 g/mol. The second-order valence-electron chi connectivity index (χ2n) is 7.03. The van der Waals surface area contributed by atoms with Crippen LogP contribution in [-0.2, 0) is 15.9 Å². The molecule has 0 atom stereocenters. The van der Waals surface area contributed by atoms with Gasteiger partial charge in [-0.15, -0.1) is 0 Å². The van der Waals surface area contributed by atoms with Gasteiger partial charge >= 0.3 is 7.12 Å². The summed E-state index contributed by atoms with van der Waals surface area (Å²) in [5, 5.41) is 0. The molecular weight excluding hydrogens is 294 g/mol. The van der Waals surface area contributed by atoms with Crippen LogP contribution in [0.1, 0.15) is 39.1 Å². The standard InChI is InChI=1S/C17H22BFN2O2/c1-12-20-8-9-21(12)11-13-6-7-14(19)10-15(13)18-22-16(2,3)17(4,5)23-18/h6-10H,11H2,1-5H3. The van der Waals surface area contributed by atoms with E-state index in [1.54, 1.807) is 12.3 Å². The molecule has 2 aromatic rings. The predicted molar refractivity (Wildman–Crippen MR) is 88.2 cm³/mol. The summed E-state index contributed by atoms with van der Waals surface area (Å²) < 4.78 is 28.0. The molecule has 0 radical (unpaired) electrons. The van der Waals surface area contributed by atoms with Gasteiger partial charge in [-0.2, -0.15) is 0 Å². The third kappa shape index (κ3) is 2.93. The van der Waals surface area contributed by atoms with Crippen molar-refractivity contribution in [3.8, 4) is 0 Å². The fourth-order valence-electron chi connectivity index (χ4n) is 2.65. The van der Waals surface area contributed by atoms with Gasteiger partial charge in [-0.3, -0.25) is 0 Å². The Hall–Kier alpha value is -1.66. The van der Waals surface area contributed by atoms with Gasteiger partial charge in [0, 0.05) is 18.9 Å². The molecule has 0 N–H and O–H groups in total.